The molecule has 0 spiro atoms. The van der Waals surface area contributed by atoms with Crippen LogP contribution in [0.3, 0.4) is 0 Å². The molecule has 0 radical (unpaired) electrons. The number of aryl methyl sites for hydroxylation is 1. The van der Waals surface area contributed by atoms with Crippen LogP contribution in [-0.2, 0) is 12.0 Å². The Bertz CT molecular complexity index is 763. The minimum atomic E-state index is -0.908. The van der Waals surface area contributed by atoms with Crippen molar-refractivity contribution in [2.75, 3.05) is 26.2 Å². The highest BCUT2D eigenvalue weighted by atomic mass is 16.3. The second kappa shape index (κ2) is 9.02. The zero-order chi connectivity index (χ0) is 19.1. The topological polar surface area (TPSA) is 76.9 Å². The van der Waals surface area contributed by atoms with Gasteiger partial charge in [-0.15, -0.1) is 0 Å². The maximum absolute atomic E-state index is 11.1. The average Bonchev–Trinajstić information content (AvgIpc) is 3.05. The summed E-state index contributed by atoms with van der Waals surface area (Å²) in [5.41, 5.74) is 2.38. The van der Waals surface area contributed by atoms with Gasteiger partial charge < -0.3 is 20.8 Å². The molecular weight excluding hydrogens is 338 g/mol. The highest BCUT2D eigenvalue weighted by Crippen LogP contribution is 2.36. The molecule has 2 atom stereocenters. The van der Waals surface area contributed by atoms with Crippen molar-refractivity contribution < 1.29 is 10.2 Å². The summed E-state index contributed by atoms with van der Waals surface area (Å²) in [7, 11) is 0. The normalized spacial score (nSPS) is 20.2. The number of aliphatic imine (C=N–C) groups is 1. The Balaban J connectivity index is 1.66. The van der Waals surface area contributed by atoms with Gasteiger partial charge >= 0.3 is 0 Å². The van der Waals surface area contributed by atoms with Gasteiger partial charge in [0, 0.05) is 19.0 Å². The molecule has 0 aromatic heterocycles. The van der Waals surface area contributed by atoms with E-state index in [4.69, 9.17) is 0 Å². The molecule has 5 heteroatoms. The lowest BCUT2D eigenvalue weighted by Crippen LogP contribution is -2.41. The predicted molar refractivity (Wildman–Crippen MR) is 109 cm³/mol. The number of fused-ring (bicyclic) bond motifs is 1. The van der Waals surface area contributed by atoms with Crippen LogP contribution in [-0.4, -0.2) is 42.4 Å². The van der Waals surface area contributed by atoms with Gasteiger partial charge in [-0.25, -0.2) is 4.99 Å². The molecule has 5 nitrogen and oxygen atoms in total. The fraction of sp³-hybridized carbons (Fsp3) is 0.409. The third-order valence-corrected chi connectivity index (χ3v) is 5.18. The first-order chi connectivity index (χ1) is 13.2. The van der Waals surface area contributed by atoms with Gasteiger partial charge in [-0.3, -0.25) is 0 Å². The van der Waals surface area contributed by atoms with Gasteiger partial charge in [0.1, 0.15) is 5.60 Å². The first-order valence-electron chi connectivity index (χ1n) is 9.65. The van der Waals surface area contributed by atoms with E-state index >= 15 is 0 Å². The molecule has 3 rings (SSSR count). The van der Waals surface area contributed by atoms with Crippen molar-refractivity contribution in [3.8, 4) is 0 Å². The summed E-state index contributed by atoms with van der Waals surface area (Å²) >= 11 is 0. The summed E-state index contributed by atoms with van der Waals surface area (Å²) < 4.78 is 0. The average molecular weight is 367 g/mol. The standard InChI is InChI=1S/C22H29N3O2/c1-2-23-21(24-14-19(15-26)17-8-4-3-5-9-17)25-16-22(27)13-12-18-10-6-7-11-20(18)22/h3-11,19,26-27H,2,12-16H2,1H3,(H2,23,24,25). The first-order valence-corrected chi connectivity index (χ1v) is 9.65. The lowest BCUT2D eigenvalue weighted by molar-refractivity contribution is 0.0485. The van der Waals surface area contributed by atoms with Crippen molar-refractivity contribution in [1.29, 1.82) is 0 Å². The Morgan fingerprint density at radius 2 is 1.85 bits per heavy atom. The summed E-state index contributed by atoms with van der Waals surface area (Å²) in [4.78, 5) is 4.63. The largest absolute Gasteiger partial charge is 0.396 e. The molecule has 0 bridgehead atoms. The molecule has 2 aromatic carbocycles. The number of rotatable bonds is 7. The maximum atomic E-state index is 11.1. The van der Waals surface area contributed by atoms with E-state index in [1.807, 2.05) is 55.5 Å². The summed E-state index contributed by atoms with van der Waals surface area (Å²) in [6, 6.07) is 18.0. The molecule has 0 fully saturated rings. The van der Waals surface area contributed by atoms with Crippen LogP contribution in [0.5, 0.6) is 0 Å². The maximum Gasteiger partial charge on any atom is 0.191 e. The number of guanidine groups is 1. The van der Waals surface area contributed by atoms with Crippen molar-refractivity contribution in [2.45, 2.75) is 31.3 Å². The van der Waals surface area contributed by atoms with Crippen LogP contribution in [0.2, 0.25) is 0 Å². The zero-order valence-corrected chi connectivity index (χ0v) is 15.9. The van der Waals surface area contributed by atoms with Crippen LogP contribution in [0, 0.1) is 0 Å². The highest BCUT2D eigenvalue weighted by molar-refractivity contribution is 5.79. The fourth-order valence-electron chi connectivity index (χ4n) is 3.62. The van der Waals surface area contributed by atoms with Crippen LogP contribution in [0.1, 0.15) is 36.0 Å². The van der Waals surface area contributed by atoms with E-state index in [-0.39, 0.29) is 12.5 Å². The van der Waals surface area contributed by atoms with E-state index in [0.717, 1.165) is 24.1 Å². The Kier molecular flexibility index (Phi) is 6.48. The molecule has 4 N–H and O–H groups in total. The number of aliphatic hydroxyl groups excluding tert-OH is 1. The molecule has 27 heavy (non-hydrogen) atoms. The third-order valence-electron chi connectivity index (χ3n) is 5.18. The van der Waals surface area contributed by atoms with Crippen molar-refractivity contribution in [3.05, 3.63) is 71.3 Å². The number of hydrogen-bond acceptors (Lipinski definition) is 3. The lowest BCUT2D eigenvalue weighted by atomic mass is 9.96. The van der Waals surface area contributed by atoms with E-state index in [2.05, 4.69) is 21.7 Å². The van der Waals surface area contributed by atoms with Gasteiger partial charge in [0.2, 0.25) is 0 Å². The Labute approximate surface area is 161 Å². The van der Waals surface area contributed by atoms with Gasteiger partial charge in [0.25, 0.3) is 0 Å². The van der Waals surface area contributed by atoms with E-state index in [1.54, 1.807) is 0 Å². The summed E-state index contributed by atoms with van der Waals surface area (Å²) in [5.74, 6) is 0.648. The van der Waals surface area contributed by atoms with Gasteiger partial charge in [-0.2, -0.15) is 0 Å². The third kappa shape index (κ3) is 4.67. The SMILES string of the molecule is CCNC(=NCC1(O)CCc2ccccc21)NCC(CO)c1ccccc1. The van der Waals surface area contributed by atoms with Crippen molar-refractivity contribution in [3.63, 3.8) is 0 Å². The van der Waals surface area contributed by atoms with Gasteiger partial charge in [0.15, 0.2) is 5.96 Å². The molecule has 0 saturated carbocycles. The molecule has 0 aliphatic heterocycles. The highest BCUT2D eigenvalue weighted by Gasteiger charge is 2.36. The van der Waals surface area contributed by atoms with Crippen LogP contribution < -0.4 is 10.6 Å². The predicted octanol–water partition coefficient (Wildman–Crippen LogP) is 2.15. The minimum Gasteiger partial charge on any atom is -0.396 e. The summed E-state index contributed by atoms with van der Waals surface area (Å²) in [6.45, 7) is 3.69. The molecule has 144 valence electrons. The minimum absolute atomic E-state index is 0.00894. The monoisotopic (exact) mass is 367 g/mol. The van der Waals surface area contributed by atoms with Crippen LogP contribution in [0.4, 0.5) is 0 Å². The van der Waals surface area contributed by atoms with E-state index in [9.17, 15) is 10.2 Å². The van der Waals surface area contributed by atoms with E-state index < -0.39 is 5.60 Å². The molecule has 0 heterocycles. The number of benzene rings is 2. The zero-order valence-electron chi connectivity index (χ0n) is 15.9. The van der Waals surface area contributed by atoms with Gasteiger partial charge in [-0.05, 0) is 36.5 Å². The lowest BCUT2D eigenvalue weighted by Gasteiger charge is -2.23. The number of nitrogens with zero attached hydrogens (tertiary/aromatic N) is 1. The van der Waals surface area contributed by atoms with Crippen molar-refractivity contribution in [1.82, 2.24) is 10.6 Å². The summed E-state index contributed by atoms with van der Waals surface area (Å²) in [5, 5.41) is 27.3. The second-order valence-corrected chi connectivity index (χ2v) is 7.05. The van der Waals surface area contributed by atoms with Gasteiger partial charge in [-0.1, -0.05) is 54.6 Å². The molecule has 0 saturated heterocycles. The fourth-order valence-corrected chi connectivity index (χ4v) is 3.62. The number of nitrogens with one attached hydrogen (secondary N) is 2. The van der Waals surface area contributed by atoms with E-state index in [0.29, 0.717) is 25.5 Å². The van der Waals surface area contributed by atoms with Gasteiger partial charge in [0.05, 0.1) is 13.2 Å². The molecule has 2 aromatic rings. The molecule has 1 aliphatic rings. The Morgan fingerprint density at radius 1 is 1.11 bits per heavy atom. The number of hydrogen-bond donors (Lipinski definition) is 4. The quantitative estimate of drug-likeness (QED) is 0.447. The molecule has 2 unspecified atom stereocenters. The van der Waals surface area contributed by atoms with Crippen LogP contribution in [0.25, 0.3) is 0 Å². The molecule has 0 amide bonds. The van der Waals surface area contributed by atoms with Crippen LogP contribution in [0.15, 0.2) is 59.6 Å². The van der Waals surface area contributed by atoms with Crippen molar-refractivity contribution in [2.24, 2.45) is 4.99 Å². The Morgan fingerprint density at radius 3 is 2.59 bits per heavy atom. The molecular formula is C22H29N3O2. The number of aliphatic hydroxyl groups is 2. The molecule has 1 aliphatic carbocycles. The Hall–Kier alpha value is -2.37. The van der Waals surface area contributed by atoms with E-state index in [1.165, 1.54) is 5.56 Å². The summed E-state index contributed by atoms with van der Waals surface area (Å²) in [6.07, 6.45) is 1.57. The second-order valence-electron chi connectivity index (χ2n) is 7.05. The van der Waals surface area contributed by atoms with Crippen molar-refractivity contribution >= 4 is 5.96 Å². The first kappa shape index (κ1) is 19.4. The van der Waals surface area contributed by atoms with Crippen LogP contribution >= 0.6 is 0 Å². The smallest absolute Gasteiger partial charge is 0.191 e.